The number of amides is 1. The molecule has 1 amide bonds. The Labute approximate surface area is 133 Å². The van der Waals surface area contributed by atoms with Gasteiger partial charge in [-0.25, -0.2) is 4.98 Å². The highest BCUT2D eigenvalue weighted by molar-refractivity contribution is 7.11. The van der Waals surface area contributed by atoms with Crippen LogP contribution in [0, 0.1) is 6.92 Å². The number of hydrogen-bond acceptors (Lipinski definition) is 4. The number of nitrogens with one attached hydrogen (secondary N) is 1. The largest absolute Gasteiger partial charge is 0.481 e. The molecular weight excluding hydrogens is 300 g/mol. The third-order valence-electron chi connectivity index (χ3n) is 3.23. The molecule has 22 heavy (non-hydrogen) atoms. The molecule has 1 unspecified atom stereocenters. The molecule has 0 saturated carbocycles. The number of carboxylic acid groups (broad SMARTS) is 1. The van der Waals surface area contributed by atoms with Gasteiger partial charge in [-0.05, 0) is 31.9 Å². The van der Waals surface area contributed by atoms with Crippen LogP contribution in [0.25, 0.3) is 0 Å². The van der Waals surface area contributed by atoms with Crippen molar-refractivity contribution in [2.75, 3.05) is 0 Å². The summed E-state index contributed by atoms with van der Waals surface area (Å²) < 4.78 is 0. The minimum Gasteiger partial charge on any atom is -0.481 e. The second-order valence-corrected chi connectivity index (χ2v) is 6.32. The number of nitrogens with zero attached hydrogens (tertiary/aromatic N) is 1. The van der Waals surface area contributed by atoms with Gasteiger partial charge in [0.05, 0.1) is 6.04 Å². The Morgan fingerprint density at radius 1 is 1.36 bits per heavy atom. The Morgan fingerprint density at radius 3 is 2.73 bits per heavy atom. The first-order valence-electron chi connectivity index (χ1n) is 7.00. The van der Waals surface area contributed by atoms with E-state index in [2.05, 4.69) is 10.3 Å². The molecule has 0 fully saturated rings. The van der Waals surface area contributed by atoms with E-state index in [1.54, 1.807) is 35.7 Å². The Bertz CT molecular complexity index is 682. The van der Waals surface area contributed by atoms with Crippen LogP contribution in [0.1, 0.15) is 45.2 Å². The number of thiazole rings is 1. The maximum atomic E-state index is 12.4. The Balaban J connectivity index is 2.10. The topological polar surface area (TPSA) is 79.3 Å². The Morgan fingerprint density at radius 2 is 2.09 bits per heavy atom. The number of rotatable bonds is 6. The predicted molar refractivity (Wildman–Crippen MR) is 85.1 cm³/mol. The molecule has 116 valence electrons. The minimum atomic E-state index is -0.873. The molecule has 0 saturated heterocycles. The number of carbonyl (C=O) groups excluding carboxylic acids is 1. The molecular formula is C16H18N2O3S. The first-order chi connectivity index (χ1) is 10.5. The third kappa shape index (κ3) is 4.14. The average Bonchev–Trinajstić information content (AvgIpc) is 2.92. The van der Waals surface area contributed by atoms with Crippen molar-refractivity contribution >= 4 is 23.2 Å². The standard InChI is InChI=1S/C16H18N2O3S/c1-10-9-17-16(22-10)11(2)18-15(21)13-6-4-3-5-12(13)7-8-14(19)20/h3-6,9,11H,7-8H2,1-2H3,(H,18,21)(H,19,20). The van der Waals surface area contributed by atoms with Gasteiger partial charge in [-0.3, -0.25) is 9.59 Å². The van der Waals surface area contributed by atoms with Crippen molar-refractivity contribution in [3.8, 4) is 0 Å². The van der Waals surface area contributed by atoms with Crippen molar-refractivity contribution in [3.05, 3.63) is 51.5 Å². The molecule has 2 N–H and O–H groups in total. The summed E-state index contributed by atoms with van der Waals surface area (Å²) in [4.78, 5) is 28.5. The van der Waals surface area contributed by atoms with Gasteiger partial charge in [0.2, 0.25) is 0 Å². The van der Waals surface area contributed by atoms with Crippen LogP contribution < -0.4 is 5.32 Å². The van der Waals surface area contributed by atoms with Gasteiger partial charge in [-0.15, -0.1) is 11.3 Å². The SMILES string of the molecule is Cc1cnc(C(C)NC(=O)c2ccccc2CCC(=O)O)s1. The van der Waals surface area contributed by atoms with E-state index in [-0.39, 0.29) is 18.4 Å². The summed E-state index contributed by atoms with van der Waals surface area (Å²) in [7, 11) is 0. The lowest BCUT2D eigenvalue weighted by atomic mass is 10.0. The molecule has 0 radical (unpaired) electrons. The summed E-state index contributed by atoms with van der Waals surface area (Å²) >= 11 is 1.55. The Kier molecular flexibility index (Phi) is 5.27. The number of aliphatic carboxylic acids is 1. The van der Waals surface area contributed by atoms with Crippen LogP contribution in [0.5, 0.6) is 0 Å². The molecule has 0 spiro atoms. The molecule has 5 nitrogen and oxygen atoms in total. The van der Waals surface area contributed by atoms with Gasteiger partial charge in [0.15, 0.2) is 0 Å². The maximum absolute atomic E-state index is 12.4. The molecule has 1 aromatic heterocycles. The fraction of sp³-hybridized carbons (Fsp3) is 0.312. The van der Waals surface area contributed by atoms with E-state index in [1.165, 1.54) is 0 Å². The number of carbonyl (C=O) groups is 2. The van der Waals surface area contributed by atoms with Crippen LogP contribution in [0.15, 0.2) is 30.5 Å². The van der Waals surface area contributed by atoms with Gasteiger partial charge in [0, 0.05) is 23.1 Å². The van der Waals surface area contributed by atoms with Crippen LogP contribution in [0.4, 0.5) is 0 Å². The van der Waals surface area contributed by atoms with E-state index in [0.717, 1.165) is 15.4 Å². The van der Waals surface area contributed by atoms with E-state index in [1.807, 2.05) is 19.9 Å². The molecule has 1 heterocycles. The molecule has 2 rings (SSSR count). The van der Waals surface area contributed by atoms with E-state index in [9.17, 15) is 9.59 Å². The van der Waals surface area contributed by atoms with E-state index >= 15 is 0 Å². The Hall–Kier alpha value is -2.21. The van der Waals surface area contributed by atoms with Gasteiger partial charge in [-0.2, -0.15) is 0 Å². The third-order valence-corrected chi connectivity index (χ3v) is 4.32. The zero-order chi connectivity index (χ0) is 16.1. The summed E-state index contributed by atoms with van der Waals surface area (Å²) in [5.74, 6) is -1.08. The average molecular weight is 318 g/mol. The summed E-state index contributed by atoms with van der Waals surface area (Å²) in [6.45, 7) is 3.85. The summed E-state index contributed by atoms with van der Waals surface area (Å²) in [6, 6.07) is 6.90. The monoisotopic (exact) mass is 318 g/mol. The van der Waals surface area contributed by atoms with Crippen molar-refractivity contribution in [2.45, 2.75) is 32.7 Å². The van der Waals surface area contributed by atoms with Gasteiger partial charge >= 0.3 is 5.97 Å². The van der Waals surface area contributed by atoms with Gasteiger partial charge < -0.3 is 10.4 Å². The van der Waals surface area contributed by atoms with E-state index in [4.69, 9.17) is 5.11 Å². The molecule has 0 bridgehead atoms. The quantitative estimate of drug-likeness (QED) is 0.858. The maximum Gasteiger partial charge on any atom is 0.303 e. The van der Waals surface area contributed by atoms with Crippen molar-refractivity contribution in [1.82, 2.24) is 10.3 Å². The zero-order valence-electron chi connectivity index (χ0n) is 12.5. The van der Waals surface area contributed by atoms with Crippen LogP contribution in [-0.4, -0.2) is 22.0 Å². The molecule has 1 atom stereocenters. The highest BCUT2D eigenvalue weighted by Gasteiger charge is 2.16. The highest BCUT2D eigenvalue weighted by Crippen LogP contribution is 2.20. The smallest absolute Gasteiger partial charge is 0.303 e. The summed E-state index contributed by atoms with van der Waals surface area (Å²) in [6.07, 6.45) is 2.12. The number of aromatic nitrogens is 1. The van der Waals surface area contributed by atoms with Crippen LogP contribution >= 0.6 is 11.3 Å². The van der Waals surface area contributed by atoms with Crippen LogP contribution in [0.3, 0.4) is 0 Å². The normalized spacial score (nSPS) is 11.9. The molecule has 1 aromatic carbocycles. The van der Waals surface area contributed by atoms with Crippen molar-refractivity contribution in [2.24, 2.45) is 0 Å². The second-order valence-electron chi connectivity index (χ2n) is 5.06. The zero-order valence-corrected chi connectivity index (χ0v) is 13.3. The van der Waals surface area contributed by atoms with E-state index < -0.39 is 5.97 Å². The van der Waals surface area contributed by atoms with Crippen molar-refractivity contribution in [3.63, 3.8) is 0 Å². The first-order valence-corrected chi connectivity index (χ1v) is 7.82. The molecule has 0 aliphatic rings. The summed E-state index contributed by atoms with van der Waals surface area (Å²) in [5, 5.41) is 12.6. The highest BCUT2D eigenvalue weighted by atomic mass is 32.1. The fourth-order valence-corrected chi connectivity index (χ4v) is 2.89. The van der Waals surface area contributed by atoms with Crippen LogP contribution in [0.2, 0.25) is 0 Å². The van der Waals surface area contributed by atoms with Gasteiger partial charge in [-0.1, -0.05) is 18.2 Å². The lowest BCUT2D eigenvalue weighted by molar-refractivity contribution is -0.136. The van der Waals surface area contributed by atoms with E-state index in [0.29, 0.717) is 12.0 Å². The lowest BCUT2D eigenvalue weighted by Gasteiger charge is -2.13. The molecule has 0 aliphatic heterocycles. The number of aryl methyl sites for hydroxylation is 2. The molecule has 2 aromatic rings. The predicted octanol–water partition coefficient (Wildman–Crippen LogP) is 2.96. The van der Waals surface area contributed by atoms with Gasteiger partial charge in [0.25, 0.3) is 5.91 Å². The lowest BCUT2D eigenvalue weighted by Crippen LogP contribution is -2.27. The minimum absolute atomic E-state index is 0.00548. The van der Waals surface area contributed by atoms with Crippen molar-refractivity contribution < 1.29 is 14.7 Å². The van der Waals surface area contributed by atoms with Gasteiger partial charge in [0.1, 0.15) is 5.01 Å². The van der Waals surface area contributed by atoms with Crippen molar-refractivity contribution in [1.29, 1.82) is 0 Å². The summed E-state index contributed by atoms with van der Waals surface area (Å²) in [5.41, 5.74) is 1.26. The first kappa shape index (κ1) is 16.2. The number of benzene rings is 1. The second kappa shape index (κ2) is 7.17. The number of hydrogen-bond donors (Lipinski definition) is 2. The number of carboxylic acids is 1. The fourth-order valence-electron chi connectivity index (χ4n) is 2.11. The van der Waals surface area contributed by atoms with Crippen LogP contribution in [-0.2, 0) is 11.2 Å². The molecule has 6 heteroatoms. The molecule has 0 aliphatic carbocycles.